The molecule has 4 N–H and O–H groups in total. The van der Waals surface area contributed by atoms with E-state index in [-0.39, 0.29) is 24.3 Å². The molecule has 1 atom stereocenters. The number of hydrogen-bond donors (Lipinski definition) is 3. The first kappa shape index (κ1) is 25.9. The number of rotatable bonds is 9. The molecule has 0 radical (unpaired) electrons. The first-order valence-electron chi connectivity index (χ1n) is 12.5. The lowest BCUT2D eigenvalue weighted by Gasteiger charge is -2.24. The van der Waals surface area contributed by atoms with Gasteiger partial charge in [0, 0.05) is 24.3 Å². The van der Waals surface area contributed by atoms with E-state index in [0.717, 1.165) is 24.0 Å². The van der Waals surface area contributed by atoms with Gasteiger partial charge < -0.3 is 26.0 Å². The number of nitrogens with zero attached hydrogens (tertiary/aromatic N) is 1. The van der Waals surface area contributed by atoms with Crippen molar-refractivity contribution < 1.29 is 19.1 Å². The quantitative estimate of drug-likeness (QED) is 0.416. The van der Waals surface area contributed by atoms with Gasteiger partial charge in [-0.3, -0.25) is 14.4 Å². The van der Waals surface area contributed by atoms with Gasteiger partial charge in [-0.05, 0) is 66.8 Å². The lowest BCUT2D eigenvalue weighted by Crippen LogP contribution is -2.49. The topological polar surface area (TPSA) is 114 Å². The highest BCUT2D eigenvalue weighted by Crippen LogP contribution is 2.17. The Morgan fingerprint density at radius 3 is 2.46 bits per heavy atom. The number of carbonyl (C=O) groups is 3. The summed E-state index contributed by atoms with van der Waals surface area (Å²) in [6.07, 6.45) is 2.07. The lowest BCUT2D eigenvalue weighted by atomic mass is 10.1. The van der Waals surface area contributed by atoms with Crippen LogP contribution in [0.2, 0.25) is 0 Å². The molecular weight excluding hydrogens is 468 g/mol. The molecule has 3 amide bonds. The second-order valence-electron chi connectivity index (χ2n) is 9.03. The van der Waals surface area contributed by atoms with Crippen LogP contribution in [-0.2, 0) is 22.7 Å². The Labute approximate surface area is 216 Å². The van der Waals surface area contributed by atoms with Crippen molar-refractivity contribution in [1.82, 2.24) is 10.2 Å². The Hall–Kier alpha value is -4.17. The van der Waals surface area contributed by atoms with Gasteiger partial charge in [0.15, 0.2) is 0 Å². The predicted octanol–water partition coefficient (Wildman–Crippen LogP) is 3.47. The predicted molar refractivity (Wildman–Crippen MR) is 142 cm³/mol. The van der Waals surface area contributed by atoms with Crippen molar-refractivity contribution in [2.45, 2.75) is 38.5 Å². The van der Waals surface area contributed by atoms with Crippen LogP contribution in [0.5, 0.6) is 5.75 Å². The van der Waals surface area contributed by atoms with Crippen LogP contribution in [0.15, 0.2) is 78.9 Å². The van der Waals surface area contributed by atoms with Crippen LogP contribution >= 0.6 is 0 Å². The normalized spacial score (nSPS) is 15.5. The Morgan fingerprint density at radius 1 is 0.946 bits per heavy atom. The smallest absolute Gasteiger partial charge is 0.251 e. The van der Waals surface area contributed by atoms with Crippen LogP contribution in [0.25, 0.3) is 0 Å². The number of hydrogen-bond acceptors (Lipinski definition) is 5. The van der Waals surface area contributed by atoms with Gasteiger partial charge in [0.05, 0.1) is 6.54 Å². The van der Waals surface area contributed by atoms with E-state index in [1.807, 2.05) is 48.5 Å². The number of likely N-dealkylation sites (tertiary alicyclic amines) is 1. The second-order valence-corrected chi connectivity index (χ2v) is 9.03. The first-order valence-corrected chi connectivity index (χ1v) is 12.5. The highest BCUT2D eigenvalue weighted by atomic mass is 16.5. The third-order valence-electron chi connectivity index (χ3n) is 6.23. The van der Waals surface area contributed by atoms with Gasteiger partial charge in [0.25, 0.3) is 5.91 Å². The molecule has 37 heavy (non-hydrogen) atoms. The summed E-state index contributed by atoms with van der Waals surface area (Å²) >= 11 is 0. The number of nitrogens with one attached hydrogen (secondary N) is 2. The van der Waals surface area contributed by atoms with Crippen LogP contribution < -0.4 is 21.1 Å². The van der Waals surface area contributed by atoms with E-state index in [2.05, 4.69) is 10.6 Å². The molecule has 3 aromatic carbocycles. The van der Waals surface area contributed by atoms with Crippen molar-refractivity contribution in [3.63, 3.8) is 0 Å². The SMILES string of the molecule is NCc1cccc(NC(=O)CN2CCCCC(NC(=O)c3ccc(OCc4ccccc4)cc3)C2=O)c1. The summed E-state index contributed by atoms with van der Waals surface area (Å²) in [6.45, 7) is 1.20. The first-order chi connectivity index (χ1) is 18.0. The zero-order valence-electron chi connectivity index (χ0n) is 20.7. The number of nitrogens with two attached hydrogens (primary N) is 1. The van der Waals surface area contributed by atoms with E-state index in [1.165, 1.54) is 4.90 Å². The monoisotopic (exact) mass is 500 g/mol. The van der Waals surface area contributed by atoms with Gasteiger partial charge in [-0.25, -0.2) is 0 Å². The van der Waals surface area contributed by atoms with Crippen molar-refractivity contribution in [3.8, 4) is 5.75 Å². The Balaban J connectivity index is 1.31. The molecule has 1 heterocycles. The second kappa shape index (κ2) is 12.7. The average Bonchev–Trinajstić information content (AvgIpc) is 3.09. The molecule has 8 nitrogen and oxygen atoms in total. The van der Waals surface area contributed by atoms with Crippen LogP contribution in [0.1, 0.15) is 40.7 Å². The van der Waals surface area contributed by atoms with Crippen molar-refractivity contribution >= 4 is 23.4 Å². The van der Waals surface area contributed by atoms with E-state index in [4.69, 9.17) is 10.5 Å². The number of benzene rings is 3. The third kappa shape index (κ3) is 7.41. The molecule has 1 saturated heterocycles. The molecule has 192 valence electrons. The fourth-order valence-electron chi connectivity index (χ4n) is 4.23. The molecule has 0 spiro atoms. The van der Waals surface area contributed by atoms with Crippen LogP contribution in [0, 0.1) is 0 Å². The van der Waals surface area contributed by atoms with Gasteiger partial charge in [-0.2, -0.15) is 0 Å². The van der Waals surface area contributed by atoms with Crippen LogP contribution in [0.4, 0.5) is 5.69 Å². The largest absolute Gasteiger partial charge is 0.489 e. The number of ether oxygens (including phenoxy) is 1. The molecule has 3 aromatic rings. The van der Waals surface area contributed by atoms with E-state index in [0.29, 0.717) is 43.1 Å². The molecule has 0 aliphatic carbocycles. The minimum atomic E-state index is -0.683. The van der Waals surface area contributed by atoms with Crippen molar-refractivity contribution in [3.05, 3.63) is 95.6 Å². The van der Waals surface area contributed by atoms with Crippen molar-refractivity contribution in [2.24, 2.45) is 5.73 Å². The Kier molecular flexibility index (Phi) is 8.89. The summed E-state index contributed by atoms with van der Waals surface area (Å²) in [4.78, 5) is 40.2. The number of anilines is 1. The number of amides is 3. The summed E-state index contributed by atoms with van der Waals surface area (Å²) in [7, 11) is 0. The summed E-state index contributed by atoms with van der Waals surface area (Å²) in [5.74, 6) is -0.224. The molecule has 1 fully saturated rings. The Morgan fingerprint density at radius 2 is 1.70 bits per heavy atom. The molecule has 8 heteroatoms. The minimum Gasteiger partial charge on any atom is -0.489 e. The van der Waals surface area contributed by atoms with Gasteiger partial charge in [0.2, 0.25) is 11.8 Å². The highest BCUT2D eigenvalue weighted by Gasteiger charge is 2.29. The highest BCUT2D eigenvalue weighted by molar-refractivity contribution is 5.99. The number of carbonyl (C=O) groups excluding carboxylic acids is 3. The maximum Gasteiger partial charge on any atom is 0.251 e. The molecule has 0 bridgehead atoms. The van der Waals surface area contributed by atoms with Crippen molar-refractivity contribution in [1.29, 1.82) is 0 Å². The zero-order chi connectivity index (χ0) is 26.0. The molecule has 4 rings (SSSR count). The van der Waals surface area contributed by atoms with E-state index < -0.39 is 6.04 Å². The molecule has 1 unspecified atom stereocenters. The maximum absolute atomic E-state index is 13.2. The molecular formula is C29H32N4O4. The molecule has 0 aromatic heterocycles. The van der Waals surface area contributed by atoms with Crippen LogP contribution in [0.3, 0.4) is 0 Å². The summed E-state index contributed by atoms with van der Waals surface area (Å²) < 4.78 is 5.78. The average molecular weight is 501 g/mol. The van der Waals surface area contributed by atoms with Crippen LogP contribution in [-0.4, -0.2) is 41.8 Å². The van der Waals surface area contributed by atoms with E-state index in [9.17, 15) is 14.4 Å². The lowest BCUT2D eigenvalue weighted by molar-refractivity contribution is -0.135. The third-order valence-corrected chi connectivity index (χ3v) is 6.23. The van der Waals surface area contributed by atoms with Gasteiger partial charge >= 0.3 is 0 Å². The molecule has 1 aliphatic heterocycles. The van der Waals surface area contributed by atoms with E-state index in [1.54, 1.807) is 30.3 Å². The van der Waals surface area contributed by atoms with Gasteiger partial charge in [-0.15, -0.1) is 0 Å². The van der Waals surface area contributed by atoms with Gasteiger partial charge in [0.1, 0.15) is 18.4 Å². The fourth-order valence-corrected chi connectivity index (χ4v) is 4.23. The summed E-state index contributed by atoms with van der Waals surface area (Å²) in [6, 6.07) is 23.3. The summed E-state index contributed by atoms with van der Waals surface area (Å²) in [5, 5.41) is 5.68. The fraction of sp³-hybridized carbons (Fsp3) is 0.276. The summed E-state index contributed by atoms with van der Waals surface area (Å²) in [5.41, 5.74) is 8.70. The van der Waals surface area contributed by atoms with Gasteiger partial charge in [-0.1, -0.05) is 42.5 Å². The van der Waals surface area contributed by atoms with Crippen molar-refractivity contribution in [2.75, 3.05) is 18.4 Å². The zero-order valence-corrected chi connectivity index (χ0v) is 20.7. The standard InChI is InChI=1S/C29H32N4O4/c30-18-22-9-6-10-24(17-22)31-27(34)19-33-16-5-4-11-26(29(33)36)32-28(35)23-12-14-25(15-13-23)37-20-21-7-2-1-3-8-21/h1-3,6-10,12-15,17,26H,4-5,11,16,18-20,30H2,(H,31,34)(H,32,35). The molecule has 1 aliphatic rings. The van der Waals surface area contributed by atoms with E-state index >= 15 is 0 Å². The maximum atomic E-state index is 13.2. The minimum absolute atomic E-state index is 0.0779. The molecule has 0 saturated carbocycles. The Bertz CT molecular complexity index is 1210.